The number of rotatable bonds is 5. The molecule has 0 amide bonds. The Morgan fingerprint density at radius 1 is 1.27 bits per heavy atom. The van der Waals surface area contributed by atoms with E-state index in [1.807, 2.05) is 12.1 Å². The molecule has 2 aliphatic heterocycles. The number of hydrogen-bond acceptors (Lipinski definition) is 9. The predicted octanol–water partition coefficient (Wildman–Crippen LogP) is 1.20. The van der Waals surface area contributed by atoms with Crippen molar-refractivity contribution in [2.45, 2.75) is 57.4 Å². The van der Waals surface area contributed by atoms with Gasteiger partial charge in [-0.1, -0.05) is 17.3 Å². The van der Waals surface area contributed by atoms with Crippen molar-refractivity contribution in [2.75, 3.05) is 0 Å². The molecular formula is C20H21N3O7. The van der Waals surface area contributed by atoms with Gasteiger partial charge < -0.3 is 28.5 Å². The predicted molar refractivity (Wildman–Crippen MR) is 102 cm³/mol. The summed E-state index contributed by atoms with van der Waals surface area (Å²) in [5.41, 5.74) is 0.528. The summed E-state index contributed by atoms with van der Waals surface area (Å²) >= 11 is 0. The Labute approximate surface area is 170 Å². The number of ether oxygens (including phenoxy) is 4. The summed E-state index contributed by atoms with van der Waals surface area (Å²) in [5.74, 6) is -0.367. The Kier molecular flexibility index (Phi) is 4.58. The minimum absolute atomic E-state index is 0.118. The smallest absolute Gasteiger partial charge is 0.339 e. The van der Waals surface area contributed by atoms with Gasteiger partial charge in [0.2, 0.25) is 0 Å². The summed E-state index contributed by atoms with van der Waals surface area (Å²) in [6, 6.07) is 8.44. The molecule has 10 nitrogen and oxygen atoms in total. The monoisotopic (exact) mass is 415 g/mol. The molecule has 2 aliphatic rings. The highest BCUT2D eigenvalue weighted by Gasteiger charge is 2.54. The molecule has 2 saturated heterocycles. The Balaban J connectivity index is 1.24. The fourth-order valence-corrected chi connectivity index (χ4v) is 3.74. The van der Waals surface area contributed by atoms with Crippen LogP contribution in [0.1, 0.15) is 19.5 Å². The van der Waals surface area contributed by atoms with Crippen molar-refractivity contribution in [2.24, 2.45) is 0 Å². The van der Waals surface area contributed by atoms with Gasteiger partial charge in [-0.3, -0.25) is 0 Å². The van der Waals surface area contributed by atoms with E-state index in [-0.39, 0.29) is 13.2 Å². The van der Waals surface area contributed by atoms with Crippen LogP contribution in [0.25, 0.3) is 11.0 Å². The quantitative estimate of drug-likeness (QED) is 0.613. The lowest BCUT2D eigenvalue weighted by Gasteiger charge is -2.22. The molecule has 4 heterocycles. The van der Waals surface area contributed by atoms with Crippen molar-refractivity contribution >= 4 is 11.0 Å². The van der Waals surface area contributed by atoms with Crippen LogP contribution in [0, 0.1) is 0 Å². The van der Waals surface area contributed by atoms with Gasteiger partial charge in [0, 0.05) is 0 Å². The number of benzene rings is 1. The van der Waals surface area contributed by atoms with Crippen LogP contribution < -0.4 is 10.4 Å². The minimum atomic E-state index is -0.837. The van der Waals surface area contributed by atoms with Crippen LogP contribution in [0.5, 0.6) is 5.75 Å². The molecule has 0 bridgehead atoms. The second kappa shape index (κ2) is 7.17. The molecule has 0 spiro atoms. The maximum Gasteiger partial charge on any atom is 0.339 e. The molecule has 30 heavy (non-hydrogen) atoms. The fourth-order valence-electron chi connectivity index (χ4n) is 3.74. The van der Waals surface area contributed by atoms with Crippen LogP contribution >= 0.6 is 0 Å². The summed E-state index contributed by atoms with van der Waals surface area (Å²) in [5, 5.41) is 19.3. The van der Waals surface area contributed by atoms with Crippen molar-refractivity contribution in [3.05, 3.63) is 52.6 Å². The van der Waals surface area contributed by atoms with E-state index in [9.17, 15) is 9.90 Å². The highest BCUT2D eigenvalue weighted by molar-refractivity contribution is 5.82. The van der Waals surface area contributed by atoms with Gasteiger partial charge in [0.25, 0.3) is 0 Å². The summed E-state index contributed by atoms with van der Waals surface area (Å²) in [4.78, 5) is 11.7. The molecule has 5 rings (SSSR count). The molecule has 1 N–H and O–H groups in total. The first-order valence-corrected chi connectivity index (χ1v) is 9.62. The second-order valence-electron chi connectivity index (χ2n) is 7.78. The molecule has 10 heteroatoms. The third-order valence-electron chi connectivity index (χ3n) is 5.06. The molecule has 2 fully saturated rings. The van der Waals surface area contributed by atoms with Gasteiger partial charge in [0.05, 0.1) is 24.2 Å². The van der Waals surface area contributed by atoms with E-state index in [1.54, 1.807) is 36.9 Å². The first-order valence-electron chi connectivity index (χ1n) is 9.62. The second-order valence-corrected chi connectivity index (χ2v) is 7.78. The van der Waals surface area contributed by atoms with E-state index in [2.05, 4.69) is 10.3 Å². The zero-order valence-electron chi connectivity index (χ0n) is 16.4. The van der Waals surface area contributed by atoms with Gasteiger partial charge >= 0.3 is 5.63 Å². The standard InChI is InChI=1S/C20H21N3O7/c1-20(2)29-18-17(25)15(28-19(18)30-20)9-23-8-11(21-22-23)10-26-14-7-16(24)27-13-6-4-3-5-12(13)14/h3-8,15,17-19,25H,9-10H2,1-2H3/t15-,17+,18-,19-/m1/s1. The van der Waals surface area contributed by atoms with Crippen LogP contribution in [0.15, 0.2) is 45.7 Å². The maximum absolute atomic E-state index is 11.7. The minimum Gasteiger partial charge on any atom is -0.486 e. The van der Waals surface area contributed by atoms with Crippen molar-refractivity contribution in [3.63, 3.8) is 0 Å². The lowest BCUT2D eigenvalue weighted by molar-refractivity contribution is -0.216. The molecule has 4 atom stereocenters. The van der Waals surface area contributed by atoms with Crippen molar-refractivity contribution in [1.29, 1.82) is 0 Å². The average Bonchev–Trinajstić information content (AvgIpc) is 3.35. The summed E-state index contributed by atoms with van der Waals surface area (Å²) in [6.45, 7) is 3.96. The van der Waals surface area contributed by atoms with E-state index in [4.69, 9.17) is 23.4 Å². The average molecular weight is 415 g/mol. The third kappa shape index (κ3) is 3.58. The number of hydrogen-bond donors (Lipinski definition) is 1. The Bertz CT molecular complexity index is 1120. The molecule has 1 aromatic carbocycles. The fraction of sp³-hybridized carbons (Fsp3) is 0.450. The largest absolute Gasteiger partial charge is 0.486 e. The maximum atomic E-state index is 11.7. The lowest BCUT2D eigenvalue weighted by Crippen LogP contribution is -2.36. The molecule has 158 valence electrons. The molecule has 0 saturated carbocycles. The molecule has 3 aromatic rings. The lowest BCUT2D eigenvalue weighted by atomic mass is 10.1. The molecule has 0 unspecified atom stereocenters. The van der Waals surface area contributed by atoms with E-state index in [1.165, 1.54) is 6.07 Å². The topological polar surface area (TPSA) is 118 Å². The first-order chi connectivity index (χ1) is 14.4. The highest BCUT2D eigenvalue weighted by Crippen LogP contribution is 2.37. The number of para-hydroxylation sites is 1. The highest BCUT2D eigenvalue weighted by atomic mass is 16.8. The summed E-state index contributed by atoms with van der Waals surface area (Å²) in [6.07, 6.45) is -0.813. The van der Waals surface area contributed by atoms with Crippen LogP contribution in [0.4, 0.5) is 0 Å². The van der Waals surface area contributed by atoms with Crippen LogP contribution in [0.2, 0.25) is 0 Å². The third-order valence-corrected chi connectivity index (χ3v) is 5.06. The van der Waals surface area contributed by atoms with Crippen molar-refractivity contribution in [3.8, 4) is 5.75 Å². The number of aromatic nitrogens is 3. The van der Waals surface area contributed by atoms with Crippen LogP contribution in [-0.2, 0) is 27.4 Å². The van der Waals surface area contributed by atoms with E-state index < -0.39 is 36.0 Å². The zero-order chi connectivity index (χ0) is 20.9. The number of nitrogens with zero attached hydrogens (tertiary/aromatic N) is 3. The van der Waals surface area contributed by atoms with Crippen molar-refractivity contribution in [1.82, 2.24) is 15.0 Å². The number of aliphatic hydroxyl groups excluding tert-OH is 1. The van der Waals surface area contributed by atoms with E-state index >= 15 is 0 Å². The Morgan fingerprint density at radius 3 is 2.93 bits per heavy atom. The van der Waals surface area contributed by atoms with Gasteiger partial charge in [0.1, 0.15) is 41.9 Å². The summed E-state index contributed by atoms with van der Waals surface area (Å²) < 4.78 is 29.6. The van der Waals surface area contributed by atoms with Crippen LogP contribution in [0.3, 0.4) is 0 Å². The van der Waals surface area contributed by atoms with Crippen molar-refractivity contribution < 1.29 is 28.5 Å². The Hall–Kier alpha value is -2.79. The normalized spacial score (nSPS) is 27.4. The van der Waals surface area contributed by atoms with Gasteiger partial charge in [-0.2, -0.15) is 0 Å². The van der Waals surface area contributed by atoms with E-state index in [0.29, 0.717) is 22.4 Å². The molecule has 0 aliphatic carbocycles. The number of fused-ring (bicyclic) bond motifs is 2. The SMILES string of the molecule is CC1(C)O[C@H]2O[C@H](Cn3cc(COc4cc(=O)oc5ccccc45)nn3)[C@H](O)[C@H]2O1. The zero-order valence-corrected chi connectivity index (χ0v) is 16.4. The molecular weight excluding hydrogens is 394 g/mol. The Morgan fingerprint density at radius 2 is 2.10 bits per heavy atom. The van der Waals surface area contributed by atoms with Gasteiger partial charge in [-0.05, 0) is 26.0 Å². The van der Waals surface area contributed by atoms with Gasteiger partial charge in [-0.15, -0.1) is 5.10 Å². The summed E-state index contributed by atoms with van der Waals surface area (Å²) in [7, 11) is 0. The first kappa shape index (κ1) is 19.2. The van der Waals surface area contributed by atoms with Gasteiger partial charge in [-0.25, -0.2) is 9.48 Å². The van der Waals surface area contributed by atoms with Crippen LogP contribution in [-0.4, -0.2) is 50.5 Å². The number of aliphatic hydroxyl groups is 1. The molecule has 0 radical (unpaired) electrons. The van der Waals surface area contributed by atoms with E-state index in [0.717, 1.165) is 0 Å². The molecule has 2 aromatic heterocycles. The van der Waals surface area contributed by atoms with Gasteiger partial charge in [0.15, 0.2) is 12.1 Å².